The molecule has 0 fully saturated rings. The Balaban J connectivity index is 1.28. The number of amides is 1. The van der Waals surface area contributed by atoms with E-state index in [2.05, 4.69) is 28.5 Å². The molecule has 1 amide bonds. The maximum atomic E-state index is 13.9. The number of carbonyl (C=O) groups excluding carboxylic acids is 1. The van der Waals surface area contributed by atoms with E-state index in [9.17, 15) is 9.18 Å². The van der Waals surface area contributed by atoms with Gasteiger partial charge in [0.15, 0.2) is 11.7 Å². The van der Waals surface area contributed by atoms with Gasteiger partial charge < -0.3 is 9.73 Å². The molecule has 144 valence electrons. The predicted molar refractivity (Wildman–Crippen MR) is 110 cm³/mol. The number of hydrogen-bond acceptors (Lipinski definition) is 3. The highest BCUT2D eigenvalue weighted by Crippen LogP contribution is 2.35. The van der Waals surface area contributed by atoms with E-state index in [1.165, 1.54) is 28.8 Å². The highest BCUT2D eigenvalue weighted by atomic mass is 19.1. The fourth-order valence-corrected chi connectivity index (χ4v) is 4.00. The van der Waals surface area contributed by atoms with E-state index in [0.29, 0.717) is 23.6 Å². The largest absolute Gasteiger partial charge is 0.441 e. The van der Waals surface area contributed by atoms with Crippen LogP contribution in [0.2, 0.25) is 0 Å². The molecular weight excluding hydrogens is 367 g/mol. The Hall–Kier alpha value is -3.47. The third-order valence-corrected chi connectivity index (χ3v) is 5.41. The Bertz CT molecular complexity index is 1220. The minimum absolute atomic E-state index is 0.102. The molecule has 29 heavy (non-hydrogen) atoms. The van der Waals surface area contributed by atoms with Gasteiger partial charge in [-0.2, -0.15) is 0 Å². The normalized spacial score (nSPS) is 12.4. The molecule has 0 spiro atoms. The molecule has 0 unspecified atom stereocenters. The van der Waals surface area contributed by atoms with E-state index in [-0.39, 0.29) is 18.1 Å². The second-order valence-electron chi connectivity index (χ2n) is 7.26. The SMILES string of the molecule is O=C(CCc1ncc(-c2ccccc2F)o1)Nc1ccc2c3c(cccc13)CC2. The Morgan fingerprint density at radius 1 is 1.03 bits per heavy atom. The van der Waals surface area contributed by atoms with Crippen LogP contribution in [0.1, 0.15) is 23.4 Å². The quantitative estimate of drug-likeness (QED) is 0.506. The van der Waals surface area contributed by atoms with Crippen LogP contribution in [0.15, 0.2) is 65.2 Å². The summed E-state index contributed by atoms with van der Waals surface area (Å²) < 4.78 is 19.5. The number of carbonyl (C=O) groups is 1. The molecule has 0 radical (unpaired) electrons. The molecule has 0 saturated heterocycles. The van der Waals surface area contributed by atoms with E-state index >= 15 is 0 Å². The first-order valence-electron chi connectivity index (χ1n) is 9.72. The minimum Gasteiger partial charge on any atom is -0.441 e. The summed E-state index contributed by atoms with van der Waals surface area (Å²) in [6.07, 6.45) is 4.19. The summed E-state index contributed by atoms with van der Waals surface area (Å²) in [6, 6.07) is 16.7. The number of halogens is 1. The van der Waals surface area contributed by atoms with Crippen molar-refractivity contribution in [2.45, 2.75) is 25.7 Å². The third-order valence-electron chi connectivity index (χ3n) is 5.41. The van der Waals surface area contributed by atoms with Gasteiger partial charge in [0.2, 0.25) is 5.91 Å². The van der Waals surface area contributed by atoms with Gasteiger partial charge in [0.1, 0.15) is 5.82 Å². The monoisotopic (exact) mass is 386 g/mol. The molecule has 1 aliphatic carbocycles. The summed E-state index contributed by atoms with van der Waals surface area (Å²) in [6.45, 7) is 0. The van der Waals surface area contributed by atoms with Crippen LogP contribution in [-0.2, 0) is 24.1 Å². The van der Waals surface area contributed by atoms with Crippen LogP contribution in [-0.4, -0.2) is 10.9 Å². The van der Waals surface area contributed by atoms with Crippen molar-refractivity contribution in [3.8, 4) is 11.3 Å². The number of aryl methyl sites for hydroxylation is 3. The first-order valence-corrected chi connectivity index (χ1v) is 9.72. The van der Waals surface area contributed by atoms with Crippen molar-refractivity contribution >= 4 is 22.4 Å². The lowest BCUT2D eigenvalue weighted by Gasteiger charge is -2.10. The molecule has 3 aromatic carbocycles. The molecule has 1 heterocycles. The van der Waals surface area contributed by atoms with Crippen LogP contribution < -0.4 is 5.32 Å². The number of oxazole rings is 1. The van der Waals surface area contributed by atoms with E-state index in [1.54, 1.807) is 18.2 Å². The minimum atomic E-state index is -0.361. The molecule has 4 aromatic rings. The van der Waals surface area contributed by atoms with E-state index in [1.807, 2.05) is 12.1 Å². The highest BCUT2D eigenvalue weighted by Gasteiger charge is 2.17. The number of aromatic nitrogens is 1. The number of anilines is 1. The van der Waals surface area contributed by atoms with Gasteiger partial charge in [0.25, 0.3) is 0 Å². The molecular formula is C24H19FN2O2. The van der Waals surface area contributed by atoms with Crippen molar-refractivity contribution in [1.82, 2.24) is 4.98 Å². The number of nitrogens with one attached hydrogen (secondary N) is 1. The van der Waals surface area contributed by atoms with Crippen LogP contribution in [0.4, 0.5) is 10.1 Å². The van der Waals surface area contributed by atoms with Crippen LogP contribution in [0.25, 0.3) is 22.1 Å². The lowest BCUT2D eigenvalue weighted by Crippen LogP contribution is -2.12. The smallest absolute Gasteiger partial charge is 0.224 e. The second kappa shape index (κ2) is 7.17. The van der Waals surface area contributed by atoms with E-state index in [4.69, 9.17) is 4.42 Å². The number of nitrogens with zero attached hydrogens (tertiary/aromatic N) is 1. The van der Waals surface area contributed by atoms with Crippen LogP contribution in [0, 0.1) is 5.82 Å². The summed E-state index contributed by atoms with van der Waals surface area (Å²) >= 11 is 0. The molecule has 0 atom stereocenters. The van der Waals surface area contributed by atoms with Crippen molar-refractivity contribution in [3.63, 3.8) is 0 Å². The van der Waals surface area contributed by atoms with Crippen LogP contribution in [0.3, 0.4) is 0 Å². The van der Waals surface area contributed by atoms with Gasteiger partial charge in [-0.1, -0.05) is 36.4 Å². The molecule has 1 aromatic heterocycles. The Morgan fingerprint density at radius 2 is 1.86 bits per heavy atom. The van der Waals surface area contributed by atoms with Crippen molar-refractivity contribution < 1.29 is 13.6 Å². The summed E-state index contributed by atoms with van der Waals surface area (Å²) in [5, 5.41) is 5.37. The van der Waals surface area contributed by atoms with Gasteiger partial charge in [0, 0.05) is 23.9 Å². The molecule has 1 N–H and O–H groups in total. The number of benzene rings is 3. The Labute approximate surface area is 167 Å². The zero-order chi connectivity index (χ0) is 19.8. The summed E-state index contributed by atoms with van der Waals surface area (Å²) in [4.78, 5) is 16.7. The van der Waals surface area contributed by atoms with Gasteiger partial charge >= 0.3 is 0 Å². The fraction of sp³-hybridized carbons (Fsp3) is 0.167. The van der Waals surface area contributed by atoms with E-state index in [0.717, 1.165) is 23.9 Å². The summed E-state index contributed by atoms with van der Waals surface area (Å²) in [5.74, 6) is 0.319. The molecule has 0 saturated carbocycles. The standard InChI is InChI=1S/C24H19FN2O2/c25-19-7-2-1-5-17(19)21-14-26-23(29-21)13-12-22(28)27-20-11-10-16-9-8-15-4-3-6-18(20)24(15)16/h1-7,10-11,14H,8-9,12-13H2,(H,27,28). The maximum absolute atomic E-state index is 13.9. The third kappa shape index (κ3) is 3.29. The maximum Gasteiger partial charge on any atom is 0.224 e. The molecule has 5 rings (SSSR count). The highest BCUT2D eigenvalue weighted by molar-refractivity contribution is 6.05. The van der Waals surface area contributed by atoms with Crippen molar-refractivity contribution in [2.24, 2.45) is 0 Å². The Kier molecular flexibility index (Phi) is 4.35. The van der Waals surface area contributed by atoms with Gasteiger partial charge in [-0.15, -0.1) is 0 Å². The zero-order valence-electron chi connectivity index (χ0n) is 15.7. The molecule has 4 nitrogen and oxygen atoms in total. The first kappa shape index (κ1) is 17.6. The summed E-state index contributed by atoms with van der Waals surface area (Å²) in [7, 11) is 0. The van der Waals surface area contributed by atoms with Gasteiger partial charge in [-0.3, -0.25) is 4.79 Å². The molecule has 0 bridgehead atoms. The predicted octanol–water partition coefficient (Wildman–Crippen LogP) is 5.30. The average Bonchev–Trinajstić information content (AvgIpc) is 3.37. The zero-order valence-corrected chi connectivity index (χ0v) is 15.7. The van der Waals surface area contributed by atoms with Crippen molar-refractivity contribution in [1.29, 1.82) is 0 Å². The van der Waals surface area contributed by atoms with Crippen molar-refractivity contribution in [2.75, 3.05) is 5.32 Å². The lowest BCUT2D eigenvalue weighted by atomic mass is 10.0. The molecule has 1 aliphatic rings. The van der Waals surface area contributed by atoms with Gasteiger partial charge in [0.05, 0.1) is 11.8 Å². The van der Waals surface area contributed by atoms with Crippen LogP contribution >= 0.6 is 0 Å². The summed E-state index contributed by atoms with van der Waals surface area (Å²) in [5.41, 5.74) is 3.88. The lowest BCUT2D eigenvalue weighted by molar-refractivity contribution is -0.116. The number of rotatable bonds is 5. The first-order chi connectivity index (χ1) is 14.2. The fourth-order valence-electron chi connectivity index (χ4n) is 4.00. The number of hydrogen-bond donors (Lipinski definition) is 1. The van der Waals surface area contributed by atoms with Gasteiger partial charge in [-0.25, -0.2) is 9.37 Å². The topological polar surface area (TPSA) is 55.1 Å². The van der Waals surface area contributed by atoms with Crippen molar-refractivity contribution in [3.05, 3.63) is 83.6 Å². The Morgan fingerprint density at radius 3 is 2.72 bits per heavy atom. The molecule has 0 aliphatic heterocycles. The van der Waals surface area contributed by atoms with Gasteiger partial charge in [-0.05, 0) is 47.6 Å². The second-order valence-corrected chi connectivity index (χ2v) is 7.26. The van der Waals surface area contributed by atoms with Crippen LogP contribution in [0.5, 0.6) is 0 Å². The average molecular weight is 386 g/mol. The van der Waals surface area contributed by atoms with E-state index < -0.39 is 0 Å². The molecule has 5 heteroatoms.